The molecule has 0 radical (unpaired) electrons. The van der Waals surface area contributed by atoms with E-state index in [9.17, 15) is 29.4 Å². The van der Waals surface area contributed by atoms with Gasteiger partial charge in [0.15, 0.2) is 0 Å². The normalized spacial score (nSPS) is 18.1. The smallest absolute Gasteiger partial charge is 0.376 e. The van der Waals surface area contributed by atoms with Gasteiger partial charge in [-0.15, -0.1) is 29.1 Å². The van der Waals surface area contributed by atoms with Crippen LogP contribution in [0.1, 0.15) is 53.5 Å². The monoisotopic (exact) mass is 922 g/mol. The van der Waals surface area contributed by atoms with Gasteiger partial charge in [0.1, 0.15) is 0 Å². The first-order valence-corrected chi connectivity index (χ1v) is 21.4. The van der Waals surface area contributed by atoms with Gasteiger partial charge < -0.3 is 29.5 Å². The second kappa shape index (κ2) is 19.1. The molecule has 8 rings (SSSR count). The molecule has 2 atom stereocenters. The lowest BCUT2D eigenvalue weighted by atomic mass is 10.0. The number of hydrogen-bond acceptors (Lipinski definition) is 14. The number of fused-ring (bicyclic) bond motifs is 2. The van der Waals surface area contributed by atoms with Gasteiger partial charge in [0.2, 0.25) is 22.9 Å². The Hall–Kier alpha value is -6.08. The standard InChI is InChI=1S/C22H19N3O4S.C15H11BrN2O2S.C7H9NO2/c1-3-29-20(26)19-23-16-8-12-30-18(16)17(24-19)15-6-4-5-14(13-15)7-9-22(28)10-11-25(2)21(22)27;1-2-20-15(19)14-17-11-6-7-21-13(11)12(18-14)9-4-3-5-10(16)8-9;1-3-7(10)4-5-8(2)6(7)9/h4-6,8,12-13,28H,3,10-11H2,1-2H3;3-8H,2H2,1H3;1,10H,4-5H2,2H3/t22-;;7-/m0.0/s1. The van der Waals surface area contributed by atoms with E-state index in [4.69, 9.17) is 15.9 Å². The van der Waals surface area contributed by atoms with E-state index in [1.165, 1.54) is 21.1 Å². The van der Waals surface area contributed by atoms with Crippen LogP contribution in [0.25, 0.3) is 42.9 Å². The van der Waals surface area contributed by atoms with Crippen molar-refractivity contribution in [1.29, 1.82) is 0 Å². The number of rotatable bonds is 6. The zero-order valence-corrected chi connectivity index (χ0v) is 36.7. The zero-order chi connectivity index (χ0) is 43.9. The highest BCUT2D eigenvalue weighted by atomic mass is 79.9. The number of ether oxygens (including phenoxy) is 2. The molecule has 2 N–H and O–H groups in total. The number of hydrogen-bond donors (Lipinski definition) is 2. The van der Waals surface area contributed by atoms with Gasteiger partial charge in [0, 0.05) is 61.2 Å². The molecule has 61 heavy (non-hydrogen) atoms. The summed E-state index contributed by atoms with van der Waals surface area (Å²) in [5.74, 6) is 5.99. The molecule has 2 amide bonds. The number of carbonyl (C=O) groups excluding carboxylic acids is 4. The third kappa shape index (κ3) is 9.94. The summed E-state index contributed by atoms with van der Waals surface area (Å²) < 4.78 is 12.8. The third-order valence-electron chi connectivity index (χ3n) is 9.43. The van der Waals surface area contributed by atoms with Gasteiger partial charge >= 0.3 is 11.9 Å². The second-order valence-corrected chi connectivity index (χ2v) is 16.4. The highest BCUT2D eigenvalue weighted by Crippen LogP contribution is 2.33. The minimum atomic E-state index is -1.65. The number of carbonyl (C=O) groups is 4. The van der Waals surface area contributed by atoms with Gasteiger partial charge in [0.25, 0.3) is 11.8 Å². The van der Waals surface area contributed by atoms with Crippen molar-refractivity contribution in [1.82, 2.24) is 29.7 Å². The van der Waals surface area contributed by atoms with Crippen LogP contribution in [0, 0.1) is 24.2 Å². The molecule has 6 aromatic rings. The van der Waals surface area contributed by atoms with Crippen LogP contribution in [0.5, 0.6) is 0 Å². The maximum Gasteiger partial charge on any atom is 0.376 e. The molecule has 0 spiro atoms. The number of likely N-dealkylation sites (N-methyl/N-ethyl adjacent to an activating group) is 2. The molecule has 2 aliphatic rings. The van der Waals surface area contributed by atoms with Gasteiger partial charge in [-0.05, 0) is 61.0 Å². The first-order chi connectivity index (χ1) is 29.2. The van der Waals surface area contributed by atoms with Crippen LogP contribution in [-0.4, -0.2) is 115 Å². The van der Waals surface area contributed by atoms with E-state index in [2.05, 4.69) is 53.6 Å². The molecule has 4 aromatic heterocycles. The molecule has 0 saturated carbocycles. The van der Waals surface area contributed by atoms with Crippen LogP contribution in [-0.2, 0) is 19.1 Å². The molecule has 2 fully saturated rings. The second-order valence-electron chi connectivity index (χ2n) is 13.7. The van der Waals surface area contributed by atoms with Crippen LogP contribution >= 0.6 is 38.6 Å². The summed E-state index contributed by atoms with van der Waals surface area (Å²) in [6, 6.07) is 18.8. The van der Waals surface area contributed by atoms with E-state index in [0.717, 1.165) is 36.2 Å². The van der Waals surface area contributed by atoms with Crippen LogP contribution in [0.3, 0.4) is 0 Å². The predicted octanol–water partition coefficient (Wildman–Crippen LogP) is 5.99. The maximum absolute atomic E-state index is 12.2. The minimum Gasteiger partial charge on any atom is -0.460 e. The van der Waals surface area contributed by atoms with E-state index in [1.54, 1.807) is 45.3 Å². The molecule has 17 heteroatoms. The fraction of sp³-hybridized carbons (Fsp3) is 0.273. The first-order valence-electron chi connectivity index (χ1n) is 18.9. The Balaban J connectivity index is 0.000000173. The summed E-state index contributed by atoms with van der Waals surface area (Å²) in [7, 11) is 3.27. The summed E-state index contributed by atoms with van der Waals surface area (Å²) in [4.78, 5) is 67.5. The van der Waals surface area contributed by atoms with E-state index in [1.807, 2.05) is 65.4 Å². The van der Waals surface area contributed by atoms with Crippen molar-refractivity contribution in [3.63, 3.8) is 0 Å². The van der Waals surface area contributed by atoms with Crippen molar-refractivity contribution in [3.8, 4) is 46.7 Å². The Bertz CT molecular complexity index is 2760. The number of nitrogens with zero attached hydrogens (tertiary/aromatic N) is 6. The Morgan fingerprint density at radius 2 is 1.26 bits per heavy atom. The number of amides is 2. The van der Waals surface area contributed by atoms with Crippen LogP contribution in [0.2, 0.25) is 0 Å². The maximum atomic E-state index is 12.2. The average Bonchev–Trinajstić information content (AvgIpc) is 4.06. The van der Waals surface area contributed by atoms with Crippen molar-refractivity contribution in [3.05, 3.63) is 93.1 Å². The molecule has 2 aliphatic heterocycles. The molecule has 2 saturated heterocycles. The molecular weight excluding hydrogens is 885 g/mol. The van der Waals surface area contributed by atoms with Crippen molar-refractivity contribution < 1.29 is 38.9 Å². The number of aromatic nitrogens is 4. The number of esters is 2. The molecule has 2 aromatic carbocycles. The van der Waals surface area contributed by atoms with E-state index in [-0.39, 0.29) is 36.5 Å². The Labute approximate surface area is 367 Å². The summed E-state index contributed by atoms with van der Waals surface area (Å²) in [5, 5.41) is 23.6. The zero-order valence-electron chi connectivity index (χ0n) is 33.5. The van der Waals surface area contributed by atoms with Gasteiger partial charge in [-0.1, -0.05) is 58.0 Å². The highest BCUT2D eigenvalue weighted by molar-refractivity contribution is 9.10. The van der Waals surface area contributed by atoms with Gasteiger partial charge in [-0.2, -0.15) is 0 Å². The number of terminal acetylenes is 1. The fourth-order valence-corrected chi connectivity index (χ4v) is 8.29. The van der Waals surface area contributed by atoms with Crippen molar-refractivity contribution in [2.24, 2.45) is 0 Å². The summed E-state index contributed by atoms with van der Waals surface area (Å²) in [5.41, 5.74) is 1.92. The van der Waals surface area contributed by atoms with E-state index < -0.39 is 23.1 Å². The van der Waals surface area contributed by atoms with Gasteiger partial charge in [0.05, 0.1) is 45.0 Å². The van der Waals surface area contributed by atoms with Crippen molar-refractivity contribution >= 4 is 82.8 Å². The Kier molecular flexibility index (Phi) is 13.9. The van der Waals surface area contributed by atoms with Gasteiger partial charge in [-0.3, -0.25) is 9.59 Å². The van der Waals surface area contributed by atoms with Crippen LogP contribution < -0.4 is 0 Å². The lowest BCUT2D eigenvalue weighted by Gasteiger charge is -2.13. The highest BCUT2D eigenvalue weighted by Gasteiger charge is 2.43. The van der Waals surface area contributed by atoms with Crippen molar-refractivity contribution in [2.75, 3.05) is 40.4 Å². The number of thiophene rings is 2. The minimum absolute atomic E-state index is 0.00291. The number of halogens is 1. The van der Waals surface area contributed by atoms with E-state index >= 15 is 0 Å². The molecular formula is C44H39BrN6O8S2. The number of likely N-dealkylation sites (tertiary alicyclic amines) is 2. The molecule has 0 bridgehead atoms. The number of benzene rings is 2. The first kappa shape index (κ1) is 44.5. The summed E-state index contributed by atoms with van der Waals surface area (Å²) >= 11 is 6.49. The molecule has 0 aliphatic carbocycles. The molecule has 6 heterocycles. The quantitative estimate of drug-likeness (QED) is 0.147. The molecule has 312 valence electrons. The topological polar surface area (TPSA) is 185 Å². The molecule has 14 nitrogen and oxygen atoms in total. The third-order valence-corrected chi connectivity index (χ3v) is 11.7. The van der Waals surface area contributed by atoms with Gasteiger partial charge in [-0.25, -0.2) is 29.5 Å². The SMILES string of the molecule is C#C[C@]1(O)CCN(C)C1=O.CCOC(=O)c1nc(-c2cccc(Br)c2)c2sccc2n1.CCOC(=O)c1nc(-c2cccc(C#C[C@]3(O)CCN(C)C3=O)c2)c2sccc2n1. The predicted molar refractivity (Wildman–Crippen MR) is 235 cm³/mol. The Morgan fingerprint density at radius 1 is 0.770 bits per heavy atom. The number of aliphatic hydroxyl groups is 2. The van der Waals surface area contributed by atoms with Crippen molar-refractivity contribution in [2.45, 2.75) is 37.9 Å². The largest absolute Gasteiger partial charge is 0.460 e. The van der Waals surface area contributed by atoms with Crippen LogP contribution in [0.4, 0.5) is 0 Å². The summed E-state index contributed by atoms with van der Waals surface area (Å²) in [6.07, 6.45) is 5.60. The summed E-state index contributed by atoms with van der Waals surface area (Å²) in [6.45, 7) is 5.04. The molecule has 0 unspecified atom stereocenters. The fourth-order valence-electron chi connectivity index (χ4n) is 6.21. The lowest BCUT2D eigenvalue weighted by Crippen LogP contribution is -2.37. The average molecular weight is 924 g/mol. The lowest BCUT2D eigenvalue weighted by molar-refractivity contribution is -0.138. The van der Waals surface area contributed by atoms with E-state index in [0.29, 0.717) is 42.9 Å². The Morgan fingerprint density at radius 3 is 1.70 bits per heavy atom. The van der Waals surface area contributed by atoms with Crippen LogP contribution in [0.15, 0.2) is 75.9 Å².